The third-order valence-corrected chi connectivity index (χ3v) is 5.78. The molecule has 1 N–H and O–H groups in total. The van der Waals surface area contributed by atoms with Gasteiger partial charge < -0.3 is 14.6 Å². The molecule has 0 amide bonds. The van der Waals surface area contributed by atoms with Crippen LogP contribution in [0, 0.1) is 0 Å². The number of likely N-dealkylation sites (tertiary alicyclic amines) is 1. The van der Waals surface area contributed by atoms with E-state index in [0.717, 1.165) is 57.5 Å². The number of piperidine rings is 1. The first-order chi connectivity index (χ1) is 14.3. The standard InChI is InChI=1S/C23H31N5O/c1-3-24-13-10-22-26-20-6-4-5-7-21(20)28(22)19-11-14-27(15-12-19)17-18-8-9-23(29-2)25-16-18/h4-9,16,19,24H,3,10-15,17H2,1-2H3. The molecule has 0 bridgehead atoms. The average molecular weight is 394 g/mol. The number of nitrogens with zero attached hydrogens (tertiary/aromatic N) is 4. The van der Waals surface area contributed by atoms with Crippen LogP contribution in [-0.2, 0) is 13.0 Å². The number of ether oxygens (including phenoxy) is 1. The SMILES string of the molecule is CCNCCc1nc2ccccc2n1C1CCN(Cc2ccc(OC)nc2)CC1. The monoisotopic (exact) mass is 393 g/mol. The molecular weight excluding hydrogens is 362 g/mol. The number of benzene rings is 1. The molecule has 2 aromatic heterocycles. The number of para-hydroxylation sites is 2. The summed E-state index contributed by atoms with van der Waals surface area (Å²) in [5, 5.41) is 3.44. The summed E-state index contributed by atoms with van der Waals surface area (Å²) in [6.07, 6.45) is 5.20. The number of fused-ring (bicyclic) bond motifs is 1. The zero-order valence-electron chi connectivity index (χ0n) is 17.5. The lowest BCUT2D eigenvalue weighted by molar-refractivity contribution is 0.179. The molecule has 3 aromatic rings. The minimum Gasteiger partial charge on any atom is -0.481 e. The van der Waals surface area contributed by atoms with E-state index in [1.807, 2.05) is 12.3 Å². The molecule has 1 fully saturated rings. The molecule has 0 radical (unpaired) electrons. The van der Waals surface area contributed by atoms with Gasteiger partial charge in [-0.25, -0.2) is 9.97 Å². The van der Waals surface area contributed by atoms with E-state index in [9.17, 15) is 0 Å². The minimum atomic E-state index is 0.518. The minimum absolute atomic E-state index is 0.518. The van der Waals surface area contributed by atoms with Crippen LogP contribution in [0.3, 0.4) is 0 Å². The number of likely N-dealkylation sites (N-methyl/N-ethyl adjacent to an activating group) is 1. The Morgan fingerprint density at radius 2 is 1.97 bits per heavy atom. The molecular formula is C23H31N5O. The molecule has 0 saturated carbocycles. The number of aromatic nitrogens is 3. The van der Waals surface area contributed by atoms with Crippen molar-refractivity contribution in [3.63, 3.8) is 0 Å². The Hall–Kier alpha value is -2.44. The van der Waals surface area contributed by atoms with Gasteiger partial charge in [0.2, 0.25) is 5.88 Å². The van der Waals surface area contributed by atoms with Gasteiger partial charge in [-0.3, -0.25) is 4.90 Å². The van der Waals surface area contributed by atoms with Crippen molar-refractivity contribution in [2.75, 3.05) is 33.3 Å². The molecule has 0 spiro atoms. The van der Waals surface area contributed by atoms with Crippen LogP contribution in [0.4, 0.5) is 0 Å². The fraction of sp³-hybridized carbons (Fsp3) is 0.478. The molecule has 1 aliphatic heterocycles. The molecule has 0 unspecified atom stereocenters. The molecule has 154 valence electrons. The van der Waals surface area contributed by atoms with Crippen LogP contribution in [0.1, 0.15) is 37.2 Å². The molecule has 0 aliphatic carbocycles. The zero-order chi connectivity index (χ0) is 20.1. The van der Waals surface area contributed by atoms with E-state index in [0.29, 0.717) is 11.9 Å². The maximum absolute atomic E-state index is 5.16. The van der Waals surface area contributed by atoms with Crippen LogP contribution >= 0.6 is 0 Å². The van der Waals surface area contributed by atoms with Crippen LogP contribution in [0.25, 0.3) is 11.0 Å². The van der Waals surface area contributed by atoms with Gasteiger partial charge in [-0.2, -0.15) is 0 Å². The quantitative estimate of drug-likeness (QED) is 0.594. The lowest BCUT2D eigenvalue weighted by atomic mass is 10.0. The van der Waals surface area contributed by atoms with E-state index in [2.05, 4.69) is 57.0 Å². The van der Waals surface area contributed by atoms with Crippen molar-refractivity contribution in [3.05, 3.63) is 54.0 Å². The molecule has 6 nitrogen and oxygen atoms in total. The fourth-order valence-corrected chi connectivity index (χ4v) is 4.27. The van der Waals surface area contributed by atoms with Crippen LogP contribution in [0.2, 0.25) is 0 Å². The van der Waals surface area contributed by atoms with E-state index in [1.165, 1.54) is 16.9 Å². The van der Waals surface area contributed by atoms with Crippen LogP contribution < -0.4 is 10.1 Å². The van der Waals surface area contributed by atoms with Crippen LogP contribution in [-0.4, -0.2) is 52.7 Å². The van der Waals surface area contributed by atoms with E-state index in [1.54, 1.807) is 7.11 Å². The Bertz CT molecular complexity index is 913. The topological polar surface area (TPSA) is 55.2 Å². The smallest absolute Gasteiger partial charge is 0.212 e. The average Bonchev–Trinajstić information content (AvgIpc) is 3.13. The maximum atomic E-state index is 5.16. The Morgan fingerprint density at radius 1 is 1.14 bits per heavy atom. The van der Waals surface area contributed by atoms with Crippen molar-refractivity contribution < 1.29 is 4.74 Å². The Balaban J connectivity index is 1.44. The molecule has 1 saturated heterocycles. The second-order valence-electron chi connectivity index (χ2n) is 7.71. The summed E-state index contributed by atoms with van der Waals surface area (Å²) in [5.74, 6) is 1.88. The van der Waals surface area contributed by atoms with Crippen molar-refractivity contribution in [3.8, 4) is 5.88 Å². The first-order valence-electron chi connectivity index (χ1n) is 10.7. The molecule has 1 aromatic carbocycles. The highest BCUT2D eigenvalue weighted by Gasteiger charge is 2.24. The highest BCUT2D eigenvalue weighted by Crippen LogP contribution is 2.29. The van der Waals surface area contributed by atoms with Gasteiger partial charge in [0.25, 0.3) is 0 Å². The lowest BCUT2D eigenvalue weighted by Gasteiger charge is -2.33. The summed E-state index contributed by atoms with van der Waals surface area (Å²) in [4.78, 5) is 11.8. The number of hydrogen-bond acceptors (Lipinski definition) is 5. The molecule has 6 heteroatoms. The third kappa shape index (κ3) is 4.60. The van der Waals surface area contributed by atoms with Gasteiger partial charge in [-0.1, -0.05) is 25.1 Å². The predicted molar refractivity (Wildman–Crippen MR) is 116 cm³/mol. The van der Waals surface area contributed by atoms with Gasteiger partial charge >= 0.3 is 0 Å². The third-order valence-electron chi connectivity index (χ3n) is 5.78. The van der Waals surface area contributed by atoms with E-state index < -0.39 is 0 Å². The van der Waals surface area contributed by atoms with Gasteiger partial charge in [-0.15, -0.1) is 0 Å². The van der Waals surface area contributed by atoms with Crippen molar-refractivity contribution in [1.29, 1.82) is 0 Å². The summed E-state index contributed by atoms with van der Waals surface area (Å²) in [6.45, 7) is 7.26. The van der Waals surface area contributed by atoms with Gasteiger partial charge in [0.1, 0.15) is 5.82 Å². The normalized spacial score (nSPS) is 15.8. The van der Waals surface area contributed by atoms with Gasteiger partial charge in [0.15, 0.2) is 0 Å². The predicted octanol–water partition coefficient (Wildman–Crippen LogP) is 3.43. The van der Waals surface area contributed by atoms with Crippen LogP contribution in [0.5, 0.6) is 5.88 Å². The second-order valence-corrected chi connectivity index (χ2v) is 7.71. The first kappa shape index (κ1) is 19.9. The lowest BCUT2D eigenvalue weighted by Crippen LogP contribution is -2.34. The number of nitrogens with one attached hydrogen (secondary N) is 1. The van der Waals surface area contributed by atoms with Gasteiger partial charge in [0, 0.05) is 50.9 Å². The Kier molecular flexibility index (Phi) is 6.42. The van der Waals surface area contributed by atoms with Crippen molar-refractivity contribution in [1.82, 2.24) is 24.8 Å². The molecule has 0 atom stereocenters. The van der Waals surface area contributed by atoms with E-state index in [-0.39, 0.29) is 0 Å². The summed E-state index contributed by atoms with van der Waals surface area (Å²) in [6, 6.07) is 13.1. The highest BCUT2D eigenvalue weighted by atomic mass is 16.5. The van der Waals surface area contributed by atoms with Crippen molar-refractivity contribution >= 4 is 11.0 Å². The number of methoxy groups -OCH3 is 1. The molecule has 29 heavy (non-hydrogen) atoms. The first-order valence-corrected chi connectivity index (χ1v) is 10.7. The number of pyridine rings is 1. The van der Waals surface area contributed by atoms with Crippen molar-refractivity contribution in [2.45, 2.75) is 38.8 Å². The van der Waals surface area contributed by atoms with Crippen molar-refractivity contribution in [2.24, 2.45) is 0 Å². The summed E-state index contributed by atoms with van der Waals surface area (Å²) in [5.41, 5.74) is 3.63. The second kappa shape index (κ2) is 9.37. The molecule has 4 rings (SSSR count). The molecule has 1 aliphatic rings. The largest absolute Gasteiger partial charge is 0.481 e. The summed E-state index contributed by atoms with van der Waals surface area (Å²) in [7, 11) is 1.65. The summed E-state index contributed by atoms with van der Waals surface area (Å²) < 4.78 is 7.67. The fourth-order valence-electron chi connectivity index (χ4n) is 4.27. The van der Waals surface area contributed by atoms with E-state index in [4.69, 9.17) is 9.72 Å². The summed E-state index contributed by atoms with van der Waals surface area (Å²) >= 11 is 0. The maximum Gasteiger partial charge on any atom is 0.212 e. The zero-order valence-corrected chi connectivity index (χ0v) is 17.5. The number of imidazole rings is 1. The highest BCUT2D eigenvalue weighted by molar-refractivity contribution is 5.76. The van der Waals surface area contributed by atoms with Gasteiger partial charge in [0.05, 0.1) is 18.1 Å². The Morgan fingerprint density at radius 3 is 2.69 bits per heavy atom. The number of hydrogen-bond donors (Lipinski definition) is 1. The molecule has 3 heterocycles. The Labute approximate surface area is 172 Å². The van der Waals surface area contributed by atoms with Crippen LogP contribution in [0.15, 0.2) is 42.6 Å². The number of rotatable bonds is 8. The van der Waals surface area contributed by atoms with Gasteiger partial charge in [-0.05, 0) is 37.1 Å². The van der Waals surface area contributed by atoms with E-state index >= 15 is 0 Å².